The Morgan fingerprint density at radius 1 is 0.586 bits per heavy atom. The molecule has 0 aliphatic heterocycles. The van der Waals surface area contributed by atoms with E-state index in [0.717, 1.165) is 41.9 Å². The molecule has 0 spiro atoms. The summed E-state index contributed by atoms with van der Waals surface area (Å²) in [5.74, 6) is 13.8. The first-order valence-corrected chi connectivity index (χ1v) is 11.2. The average molecular weight is 387 g/mol. The van der Waals surface area contributed by atoms with Crippen molar-refractivity contribution in [2.75, 3.05) is 6.61 Å². The summed E-state index contributed by atoms with van der Waals surface area (Å²) in [4.78, 5) is 0. The second-order valence-electron chi connectivity index (χ2n) is 7.37. The van der Waals surface area contributed by atoms with Crippen molar-refractivity contribution in [1.29, 1.82) is 0 Å². The maximum Gasteiger partial charge on any atom is 0.119 e. The Balaban J connectivity index is 1.76. The fourth-order valence-electron chi connectivity index (χ4n) is 2.92. The third-order valence-corrected chi connectivity index (χ3v) is 4.75. The highest BCUT2D eigenvalue weighted by molar-refractivity contribution is 5.46. The lowest BCUT2D eigenvalue weighted by atomic mass is 10.1. The van der Waals surface area contributed by atoms with E-state index in [9.17, 15) is 0 Å². The topological polar surface area (TPSA) is 9.23 Å². The zero-order valence-electron chi connectivity index (χ0n) is 18.1. The number of hydrogen-bond acceptors (Lipinski definition) is 1. The molecule has 0 N–H and O–H groups in total. The molecule has 29 heavy (non-hydrogen) atoms. The molecule has 1 heteroatoms. The molecule has 0 radical (unpaired) electrons. The second kappa shape index (κ2) is 14.4. The monoisotopic (exact) mass is 386 g/mol. The maximum atomic E-state index is 5.83. The third-order valence-electron chi connectivity index (χ3n) is 4.75. The number of rotatable bonds is 10. The maximum absolute atomic E-state index is 5.83. The summed E-state index contributed by atoms with van der Waals surface area (Å²) < 4.78 is 5.83. The van der Waals surface area contributed by atoms with Crippen LogP contribution in [0.25, 0.3) is 0 Å². The molecule has 0 aliphatic rings. The van der Waals surface area contributed by atoms with E-state index in [0.29, 0.717) is 0 Å². The summed E-state index contributed by atoms with van der Waals surface area (Å²) in [6.45, 7) is 5.23. The van der Waals surface area contributed by atoms with Gasteiger partial charge in [0.15, 0.2) is 0 Å². The van der Waals surface area contributed by atoms with Crippen molar-refractivity contribution in [3.63, 3.8) is 0 Å². The largest absolute Gasteiger partial charge is 0.494 e. The second-order valence-corrected chi connectivity index (χ2v) is 7.37. The normalized spacial score (nSPS) is 9.86. The molecule has 2 rings (SSSR count). The van der Waals surface area contributed by atoms with Gasteiger partial charge in [0.1, 0.15) is 5.75 Å². The van der Waals surface area contributed by atoms with Crippen LogP contribution < -0.4 is 4.74 Å². The van der Waals surface area contributed by atoms with Crippen molar-refractivity contribution >= 4 is 0 Å². The lowest BCUT2D eigenvalue weighted by molar-refractivity contribution is 0.304. The van der Waals surface area contributed by atoms with Gasteiger partial charge in [0.05, 0.1) is 6.61 Å². The Bertz CT molecular complexity index is 807. The average Bonchev–Trinajstić information content (AvgIpc) is 2.76. The van der Waals surface area contributed by atoms with Gasteiger partial charge in [0.2, 0.25) is 0 Å². The van der Waals surface area contributed by atoms with Gasteiger partial charge in [-0.25, -0.2) is 0 Å². The van der Waals surface area contributed by atoms with Crippen LogP contribution in [-0.4, -0.2) is 6.61 Å². The summed E-state index contributed by atoms with van der Waals surface area (Å²) in [6.07, 6.45) is 11.0. The summed E-state index contributed by atoms with van der Waals surface area (Å²) in [5.41, 5.74) is 3.06. The van der Waals surface area contributed by atoms with Crippen LogP contribution in [0, 0.1) is 23.7 Å². The Kier molecular flexibility index (Phi) is 11.2. The Hall–Kier alpha value is -2.64. The molecule has 0 atom stereocenters. The van der Waals surface area contributed by atoms with E-state index in [1.807, 2.05) is 48.5 Å². The van der Waals surface area contributed by atoms with Gasteiger partial charge in [-0.1, -0.05) is 76.1 Å². The van der Waals surface area contributed by atoms with Gasteiger partial charge in [-0.05, 0) is 61.4 Å². The molecule has 0 saturated carbocycles. The molecule has 0 fully saturated rings. The minimum atomic E-state index is 0.796. The van der Waals surface area contributed by atoms with Gasteiger partial charge in [-0.15, -0.1) is 0 Å². The van der Waals surface area contributed by atoms with Crippen LogP contribution >= 0.6 is 0 Å². The number of benzene rings is 2. The van der Waals surface area contributed by atoms with Gasteiger partial charge in [-0.2, -0.15) is 0 Å². The van der Waals surface area contributed by atoms with E-state index >= 15 is 0 Å². The molecule has 0 saturated heterocycles. The lowest BCUT2D eigenvalue weighted by Gasteiger charge is -2.06. The van der Waals surface area contributed by atoms with Gasteiger partial charge in [0, 0.05) is 23.1 Å². The van der Waals surface area contributed by atoms with E-state index in [-0.39, 0.29) is 0 Å². The van der Waals surface area contributed by atoms with Crippen LogP contribution in [0.15, 0.2) is 48.5 Å². The van der Waals surface area contributed by atoms with Crippen LogP contribution in [0.3, 0.4) is 0 Å². The van der Waals surface area contributed by atoms with Crippen molar-refractivity contribution in [2.45, 2.75) is 71.6 Å². The third kappa shape index (κ3) is 9.91. The standard InChI is InChI=1S/C28H34O/c1-3-5-7-9-10-12-24-29-28-22-20-27(21-23-28)19-18-26-16-14-25(15-17-26)13-11-8-6-4-2/h14-17,20-23H,3-10,12,24H2,1-2H3. The highest BCUT2D eigenvalue weighted by Gasteiger charge is 1.95. The highest BCUT2D eigenvalue weighted by Crippen LogP contribution is 2.13. The fraction of sp³-hybridized carbons (Fsp3) is 0.429. The molecule has 0 unspecified atom stereocenters. The zero-order chi connectivity index (χ0) is 20.6. The van der Waals surface area contributed by atoms with Crippen molar-refractivity contribution in [2.24, 2.45) is 0 Å². The molecular formula is C28H34O. The van der Waals surface area contributed by atoms with E-state index < -0.39 is 0 Å². The number of unbranched alkanes of at least 4 members (excludes halogenated alkanes) is 7. The van der Waals surface area contributed by atoms with Crippen molar-refractivity contribution in [3.8, 4) is 29.4 Å². The van der Waals surface area contributed by atoms with Crippen LogP contribution in [-0.2, 0) is 0 Å². The van der Waals surface area contributed by atoms with Gasteiger partial charge >= 0.3 is 0 Å². The summed E-state index contributed by atoms with van der Waals surface area (Å²) in [6, 6.07) is 16.2. The Morgan fingerprint density at radius 2 is 1.10 bits per heavy atom. The SMILES string of the molecule is CCCCC#Cc1ccc(C#Cc2ccc(OCCCCCCCC)cc2)cc1. The molecule has 1 nitrogen and oxygen atoms in total. The number of hydrogen-bond donors (Lipinski definition) is 0. The first-order valence-electron chi connectivity index (χ1n) is 11.2. The summed E-state index contributed by atoms with van der Waals surface area (Å²) >= 11 is 0. The van der Waals surface area contributed by atoms with Crippen molar-refractivity contribution in [3.05, 3.63) is 65.2 Å². The van der Waals surface area contributed by atoms with E-state index in [1.165, 1.54) is 44.9 Å². The predicted molar refractivity (Wildman–Crippen MR) is 124 cm³/mol. The number of ether oxygens (including phenoxy) is 1. The quantitative estimate of drug-likeness (QED) is 0.306. The van der Waals surface area contributed by atoms with Crippen LogP contribution in [0.1, 0.15) is 88.3 Å². The minimum Gasteiger partial charge on any atom is -0.494 e. The van der Waals surface area contributed by atoms with Crippen molar-refractivity contribution in [1.82, 2.24) is 0 Å². The smallest absolute Gasteiger partial charge is 0.119 e. The van der Waals surface area contributed by atoms with Gasteiger partial charge in [0.25, 0.3) is 0 Å². The molecule has 0 aliphatic carbocycles. The molecule has 0 amide bonds. The minimum absolute atomic E-state index is 0.796. The van der Waals surface area contributed by atoms with Crippen LogP contribution in [0.4, 0.5) is 0 Å². The van der Waals surface area contributed by atoms with Crippen molar-refractivity contribution < 1.29 is 4.74 Å². The molecule has 152 valence electrons. The van der Waals surface area contributed by atoms with Crippen LogP contribution in [0.5, 0.6) is 5.75 Å². The van der Waals surface area contributed by atoms with E-state index in [1.54, 1.807) is 0 Å². The first-order chi connectivity index (χ1) is 14.3. The zero-order valence-corrected chi connectivity index (χ0v) is 18.1. The molecule has 0 heterocycles. The molecule has 2 aromatic rings. The molecule has 0 aromatic heterocycles. The predicted octanol–water partition coefficient (Wildman–Crippen LogP) is 7.37. The fourth-order valence-corrected chi connectivity index (χ4v) is 2.92. The Labute approximate surface area is 177 Å². The summed E-state index contributed by atoms with van der Waals surface area (Å²) in [7, 11) is 0. The van der Waals surface area contributed by atoms with Gasteiger partial charge < -0.3 is 4.74 Å². The first kappa shape index (κ1) is 22.6. The summed E-state index contributed by atoms with van der Waals surface area (Å²) in [5, 5.41) is 0. The van der Waals surface area contributed by atoms with Gasteiger partial charge in [-0.3, -0.25) is 0 Å². The molecule has 0 bridgehead atoms. The van der Waals surface area contributed by atoms with E-state index in [2.05, 4.69) is 37.5 Å². The van der Waals surface area contributed by atoms with E-state index in [4.69, 9.17) is 4.74 Å². The molecule has 2 aromatic carbocycles. The van der Waals surface area contributed by atoms with Crippen LogP contribution in [0.2, 0.25) is 0 Å². The highest BCUT2D eigenvalue weighted by atomic mass is 16.5. The Morgan fingerprint density at radius 3 is 1.72 bits per heavy atom. The lowest BCUT2D eigenvalue weighted by Crippen LogP contribution is -1.97. The molecular weight excluding hydrogens is 352 g/mol.